The van der Waals surface area contributed by atoms with E-state index in [-0.39, 0.29) is 11.9 Å². The molecule has 2 rings (SSSR count). The van der Waals surface area contributed by atoms with Gasteiger partial charge in [-0.15, -0.1) is 0 Å². The molecule has 1 saturated carbocycles. The number of anilines is 2. The van der Waals surface area contributed by atoms with Gasteiger partial charge in [-0.3, -0.25) is 4.79 Å². The van der Waals surface area contributed by atoms with Crippen LogP contribution in [0.1, 0.15) is 23.2 Å². The van der Waals surface area contributed by atoms with Gasteiger partial charge in [-0.2, -0.15) is 0 Å². The zero-order chi connectivity index (χ0) is 13.3. The first-order chi connectivity index (χ1) is 8.47. The van der Waals surface area contributed by atoms with Gasteiger partial charge in [-0.1, -0.05) is 0 Å². The highest BCUT2D eigenvalue weighted by Crippen LogP contribution is 2.30. The quantitative estimate of drug-likeness (QED) is 0.696. The standard InChI is InChI=1S/C12H18N4O2/c1-16(6-7-2-8(17)3-7)10-5-15-11(13)4-9(10)12(14)18/h4-5,7-8,17H,2-3,6H2,1H3,(H2,13,15)(H2,14,18). The number of pyridine rings is 1. The monoisotopic (exact) mass is 250 g/mol. The number of carbonyl (C=O) groups excluding carboxylic acids is 1. The molecule has 6 nitrogen and oxygen atoms in total. The van der Waals surface area contributed by atoms with Crippen LogP contribution in [-0.2, 0) is 0 Å². The predicted octanol–water partition coefficient (Wildman–Crippen LogP) is -0.0302. The molecule has 0 saturated heterocycles. The highest BCUT2D eigenvalue weighted by atomic mass is 16.3. The molecule has 5 N–H and O–H groups in total. The van der Waals surface area contributed by atoms with Crippen molar-refractivity contribution in [3.05, 3.63) is 17.8 Å². The molecule has 1 heterocycles. The lowest BCUT2D eigenvalue weighted by Gasteiger charge is -2.35. The summed E-state index contributed by atoms with van der Waals surface area (Å²) in [5.41, 5.74) is 11.9. The molecule has 0 unspecified atom stereocenters. The number of hydrogen-bond acceptors (Lipinski definition) is 5. The van der Waals surface area contributed by atoms with Gasteiger partial charge in [0.1, 0.15) is 5.82 Å². The van der Waals surface area contributed by atoms with Gasteiger partial charge in [-0.25, -0.2) is 4.98 Å². The molecule has 6 heteroatoms. The molecule has 1 aromatic heterocycles. The third kappa shape index (κ3) is 2.53. The van der Waals surface area contributed by atoms with Crippen molar-refractivity contribution in [3.63, 3.8) is 0 Å². The van der Waals surface area contributed by atoms with Crippen LogP contribution in [0.5, 0.6) is 0 Å². The maximum atomic E-state index is 11.4. The minimum Gasteiger partial charge on any atom is -0.393 e. The Morgan fingerprint density at radius 3 is 2.83 bits per heavy atom. The summed E-state index contributed by atoms with van der Waals surface area (Å²) in [7, 11) is 1.88. The van der Waals surface area contributed by atoms with E-state index in [4.69, 9.17) is 11.5 Å². The molecule has 1 aliphatic carbocycles. The fourth-order valence-electron chi connectivity index (χ4n) is 2.30. The normalized spacial score (nSPS) is 22.3. The van der Waals surface area contributed by atoms with Gasteiger partial charge in [0.15, 0.2) is 0 Å². The second kappa shape index (κ2) is 4.81. The van der Waals surface area contributed by atoms with E-state index in [1.807, 2.05) is 11.9 Å². The van der Waals surface area contributed by atoms with Crippen LogP contribution in [0.15, 0.2) is 12.3 Å². The molecule has 0 aliphatic heterocycles. The Balaban J connectivity index is 2.13. The summed E-state index contributed by atoms with van der Waals surface area (Å²) in [6.45, 7) is 0.767. The number of carbonyl (C=O) groups is 1. The Morgan fingerprint density at radius 1 is 1.61 bits per heavy atom. The van der Waals surface area contributed by atoms with Crippen LogP contribution in [0.25, 0.3) is 0 Å². The van der Waals surface area contributed by atoms with Crippen LogP contribution in [-0.4, -0.2) is 35.7 Å². The van der Waals surface area contributed by atoms with Crippen molar-refractivity contribution in [2.24, 2.45) is 11.7 Å². The summed E-state index contributed by atoms with van der Waals surface area (Å²) in [6, 6.07) is 1.49. The SMILES string of the molecule is CN(CC1CC(O)C1)c1cnc(N)cc1C(N)=O. The van der Waals surface area contributed by atoms with Crippen molar-refractivity contribution in [3.8, 4) is 0 Å². The van der Waals surface area contributed by atoms with Crippen molar-refractivity contribution in [2.75, 3.05) is 24.2 Å². The third-order valence-electron chi connectivity index (χ3n) is 3.32. The van der Waals surface area contributed by atoms with Gasteiger partial charge in [0.25, 0.3) is 5.91 Å². The molecule has 0 spiro atoms. The fraction of sp³-hybridized carbons (Fsp3) is 0.500. The average Bonchev–Trinajstić information content (AvgIpc) is 2.26. The van der Waals surface area contributed by atoms with Crippen molar-refractivity contribution < 1.29 is 9.90 Å². The molecule has 0 atom stereocenters. The highest BCUT2D eigenvalue weighted by molar-refractivity contribution is 5.99. The van der Waals surface area contributed by atoms with E-state index in [9.17, 15) is 9.90 Å². The third-order valence-corrected chi connectivity index (χ3v) is 3.32. The Labute approximate surface area is 106 Å². The summed E-state index contributed by atoms with van der Waals surface area (Å²) in [6.07, 6.45) is 2.99. The zero-order valence-electron chi connectivity index (χ0n) is 10.3. The number of aliphatic hydroxyl groups excluding tert-OH is 1. The van der Waals surface area contributed by atoms with Crippen LogP contribution in [0, 0.1) is 5.92 Å². The minimum absolute atomic E-state index is 0.177. The van der Waals surface area contributed by atoms with E-state index < -0.39 is 5.91 Å². The largest absolute Gasteiger partial charge is 0.393 e. The molecule has 1 aliphatic rings. The number of nitrogen functional groups attached to an aromatic ring is 1. The predicted molar refractivity (Wildman–Crippen MR) is 69.2 cm³/mol. The highest BCUT2D eigenvalue weighted by Gasteiger charge is 2.28. The van der Waals surface area contributed by atoms with Gasteiger partial charge in [-0.05, 0) is 24.8 Å². The summed E-state index contributed by atoms with van der Waals surface area (Å²) in [5, 5.41) is 9.26. The lowest BCUT2D eigenvalue weighted by molar-refractivity contribution is 0.0464. The summed E-state index contributed by atoms with van der Waals surface area (Å²) >= 11 is 0. The van der Waals surface area contributed by atoms with E-state index in [1.165, 1.54) is 6.07 Å². The number of rotatable bonds is 4. The Morgan fingerprint density at radius 2 is 2.28 bits per heavy atom. The van der Waals surface area contributed by atoms with E-state index in [2.05, 4.69) is 4.98 Å². The number of nitrogens with two attached hydrogens (primary N) is 2. The fourth-order valence-corrected chi connectivity index (χ4v) is 2.30. The van der Waals surface area contributed by atoms with Crippen molar-refractivity contribution in [1.29, 1.82) is 0 Å². The molecule has 0 aromatic carbocycles. The second-order valence-electron chi connectivity index (χ2n) is 4.86. The van der Waals surface area contributed by atoms with Crippen LogP contribution < -0.4 is 16.4 Å². The Kier molecular flexibility index (Phi) is 3.38. The molecule has 1 fully saturated rings. The van der Waals surface area contributed by atoms with Gasteiger partial charge in [0.2, 0.25) is 0 Å². The number of aromatic nitrogens is 1. The summed E-state index contributed by atoms with van der Waals surface area (Å²) < 4.78 is 0. The maximum absolute atomic E-state index is 11.4. The molecule has 18 heavy (non-hydrogen) atoms. The van der Waals surface area contributed by atoms with E-state index in [1.54, 1.807) is 6.20 Å². The van der Waals surface area contributed by atoms with Crippen LogP contribution in [0.2, 0.25) is 0 Å². The number of aliphatic hydroxyl groups is 1. The molecule has 0 bridgehead atoms. The van der Waals surface area contributed by atoms with Crippen molar-refractivity contribution in [2.45, 2.75) is 18.9 Å². The zero-order valence-corrected chi connectivity index (χ0v) is 10.3. The first kappa shape index (κ1) is 12.6. The molecule has 1 amide bonds. The minimum atomic E-state index is -0.514. The smallest absolute Gasteiger partial charge is 0.251 e. The van der Waals surface area contributed by atoms with E-state index >= 15 is 0 Å². The molecule has 0 radical (unpaired) electrons. The summed E-state index contributed by atoms with van der Waals surface area (Å²) in [5.74, 6) is 0.211. The number of hydrogen-bond donors (Lipinski definition) is 3. The van der Waals surface area contributed by atoms with Crippen molar-refractivity contribution >= 4 is 17.4 Å². The van der Waals surface area contributed by atoms with Crippen molar-refractivity contribution in [1.82, 2.24) is 4.98 Å². The Bertz CT molecular complexity index is 457. The second-order valence-corrected chi connectivity index (χ2v) is 4.86. The van der Waals surface area contributed by atoms with Crippen LogP contribution in [0.4, 0.5) is 11.5 Å². The topological polar surface area (TPSA) is 105 Å². The lowest BCUT2D eigenvalue weighted by atomic mass is 9.82. The average molecular weight is 250 g/mol. The van der Waals surface area contributed by atoms with E-state index in [0.717, 1.165) is 19.4 Å². The van der Waals surface area contributed by atoms with Gasteiger partial charge < -0.3 is 21.5 Å². The van der Waals surface area contributed by atoms with Gasteiger partial charge in [0.05, 0.1) is 23.6 Å². The summed E-state index contributed by atoms with van der Waals surface area (Å²) in [4.78, 5) is 17.3. The molecule has 98 valence electrons. The molecule has 1 aromatic rings. The Hall–Kier alpha value is -1.82. The van der Waals surface area contributed by atoms with Gasteiger partial charge >= 0.3 is 0 Å². The van der Waals surface area contributed by atoms with Crippen LogP contribution in [0.3, 0.4) is 0 Å². The van der Waals surface area contributed by atoms with Crippen LogP contribution >= 0.6 is 0 Å². The number of nitrogens with zero attached hydrogens (tertiary/aromatic N) is 2. The number of amides is 1. The maximum Gasteiger partial charge on any atom is 0.251 e. The van der Waals surface area contributed by atoms with E-state index in [0.29, 0.717) is 17.2 Å². The van der Waals surface area contributed by atoms with Gasteiger partial charge in [0, 0.05) is 13.6 Å². The molecular formula is C12H18N4O2. The number of primary amides is 1. The lowest BCUT2D eigenvalue weighted by Crippen LogP contribution is -2.37. The first-order valence-corrected chi connectivity index (χ1v) is 5.92. The first-order valence-electron chi connectivity index (χ1n) is 5.92. The molecular weight excluding hydrogens is 232 g/mol.